The quantitative estimate of drug-likeness (QED) is 0.734. The van der Waals surface area contributed by atoms with E-state index < -0.39 is 0 Å². The maximum atomic E-state index is 9.20. The highest BCUT2D eigenvalue weighted by molar-refractivity contribution is 5.40. The summed E-state index contributed by atoms with van der Waals surface area (Å²) in [6.45, 7) is 2.58. The lowest BCUT2D eigenvalue weighted by atomic mass is 10.0. The second kappa shape index (κ2) is 4.45. The Balaban J connectivity index is 2.45. The highest BCUT2D eigenvalue weighted by Gasteiger charge is 2.36. The van der Waals surface area contributed by atoms with E-state index in [1.54, 1.807) is 5.01 Å². The van der Waals surface area contributed by atoms with Crippen LogP contribution < -0.4 is 11.6 Å². The Morgan fingerprint density at radius 1 is 1.35 bits per heavy atom. The van der Waals surface area contributed by atoms with E-state index in [-0.39, 0.29) is 6.04 Å². The topological polar surface area (TPSA) is 82.3 Å². The van der Waals surface area contributed by atoms with Gasteiger partial charge < -0.3 is 5.73 Å². The number of benzene rings is 1. The molecule has 1 atom stereocenters. The number of nitrogens with zero attached hydrogens (tertiary/aromatic N) is 3. The molecule has 0 saturated heterocycles. The monoisotopic (exact) mass is 229 g/mol. The van der Waals surface area contributed by atoms with Crippen molar-refractivity contribution in [2.75, 3.05) is 6.54 Å². The van der Waals surface area contributed by atoms with Gasteiger partial charge >= 0.3 is 0 Å². The van der Waals surface area contributed by atoms with Crippen LogP contribution in [0, 0.1) is 11.3 Å². The van der Waals surface area contributed by atoms with Crippen LogP contribution in [0.5, 0.6) is 0 Å². The molecule has 2 rings (SSSR count). The van der Waals surface area contributed by atoms with E-state index in [2.05, 4.69) is 6.07 Å². The van der Waals surface area contributed by atoms with Crippen LogP contribution in [0.1, 0.15) is 18.5 Å². The van der Waals surface area contributed by atoms with Crippen molar-refractivity contribution in [2.24, 2.45) is 11.6 Å². The van der Waals surface area contributed by atoms with Crippen molar-refractivity contribution in [1.82, 2.24) is 10.1 Å². The fourth-order valence-corrected chi connectivity index (χ4v) is 2.08. The SMILES string of the molecule is CCN1C(N)=C(C#N)C(c2ccccc2)N1N. The van der Waals surface area contributed by atoms with Gasteiger partial charge in [0, 0.05) is 6.54 Å². The number of hydrazine groups is 2. The van der Waals surface area contributed by atoms with Crippen molar-refractivity contribution in [1.29, 1.82) is 5.26 Å². The summed E-state index contributed by atoms with van der Waals surface area (Å²) in [5, 5.41) is 12.4. The first-order valence-electron chi connectivity index (χ1n) is 5.46. The molecule has 4 N–H and O–H groups in total. The molecule has 1 unspecified atom stereocenters. The van der Waals surface area contributed by atoms with Gasteiger partial charge in [-0.25, -0.2) is 5.84 Å². The van der Waals surface area contributed by atoms with E-state index in [0.717, 1.165) is 5.56 Å². The third kappa shape index (κ3) is 1.73. The smallest absolute Gasteiger partial charge is 0.131 e. The maximum Gasteiger partial charge on any atom is 0.131 e. The van der Waals surface area contributed by atoms with Crippen LogP contribution in [-0.2, 0) is 0 Å². The Morgan fingerprint density at radius 3 is 2.53 bits per heavy atom. The Kier molecular flexibility index (Phi) is 3.00. The average molecular weight is 229 g/mol. The van der Waals surface area contributed by atoms with Crippen molar-refractivity contribution in [3.8, 4) is 6.07 Å². The molecule has 0 amide bonds. The van der Waals surface area contributed by atoms with Gasteiger partial charge in [-0.05, 0) is 12.5 Å². The maximum absolute atomic E-state index is 9.20. The van der Waals surface area contributed by atoms with E-state index in [9.17, 15) is 5.26 Å². The summed E-state index contributed by atoms with van der Waals surface area (Å²) >= 11 is 0. The molecule has 5 nitrogen and oxygen atoms in total. The summed E-state index contributed by atoms with van der Waals surface area (Å²) < 4.78 is 0. The number of hydrogen-bond donors (Lipinski definition) is 2. The molecule has 88 valence electrons. The molecule has 17 heavy (non-hydrogen) atoms. The number of hydrogen-bond acceptors (Lipinski definition) is 5. The van der Waals surface area contributed by atoms with E-state index in [0.29, 0.717) is 17.9 Å². The largest absolute Gasteiger partial charge is 0.383 e. The summed E-state index contributed by atoms with van der Waals surface area (Å²) in [6.07, 6.45) is 0. The molecule has 1 aromatic rings. The standard InChI is InChI=1S/C12H15N5/c1-2-16-12(14)10(8-13)11(17(16)15)9-6-4-3-5-7-9/h3-7,11H,2,14-15H2,1H3. The summed E-state index contributed by atoms with van der Waals surface area (Å²) in [7, 11) is 0. The van der Waals surface area contributed by atoms with Gasteiger partial charge in [0.25, 0.3) is 0 Å². The zero-order valence-electron chi connectivity index (χ0n) is 9.67. The van der Waals surface area contributed by atoms with E-state index in [1.165, 1.54) is 5.12 Å². The number of nitriles is 1. The highest BCUT2D eigenvalue weighted by atomic mass is 15.8. The van der Waals surface area contributed by atoms with Gasteiger partial charge in [0.1, 0.15) is 17.9 Å². The van der Waals surface area contributed by atoms with Gasteiger partial charge in [-0.15, -0.1) is 5.12 Å². The van der Waals surface area contributed by atoms with E-state index in [1.807, 2.05) is 37.3 Å². The zero-order valence-corrected chi connectivity index (χ0v) is 9.67. The predicted molar refractivity (Wildman–Crippen MR) is 64.4 cm³/mol. The van der Waals surface area contributed by atoms with E-state index >= 15 is 0 Å². The van der Waals surface area contributed by atoms with Crippen LogP contribution >= 0.6 is 0 Å². The first-order valence-corrected chi connectivity index (χ1v) is 5.46. The van der Waals surface area contributed by atoms with Gasteiger partial charge in [-0.2, -0.15) is 5.26 Å². The Labute approximate surface area is 100 Å². The van der Waals surface area contributed by atoms with Crippen molar-refractivity contribution < 1.29 is 0 Å². The molecule has 0 radical (unpaired) electrons. The van der Waals surface area contributed by atoms with Gasteiger partial charge in [-0.3, -0.25) is 5.01 Å². The summed E-state index contributed by atoms with van der Waals surface area (Å²) in [6, 6.07) is 11.5. The zero-order chi connectivity index (χ0) is 12.4. The third-order valence-corrected chi connectivity index (χ3v) is 2.91. The number of rotatable bonds is 2. The lowest BCUT2D eigenvalue weighted by Gasteiger charge is -2.29. The van der Waals surface area contributed by atoms with Gasteiger partial charge in [-0.1, -0.05) is 30.3 Å². The van der Waals surface area contributed by atoms with E-state index in [4.69, 9.17) is 11.6 Å². The molecule has 5 heteroatoms. The Hall–Kier alpha value is -2.03. The first kappa shape index (κ1) is 11.5. The molecule has 1 heterocycles. The Morgan fingerprint density at radius 2 is 2.00 bits per heavy atom. The molecule has 1 aliphatic heterocycles. The lowest BCUT2D eigenvalue weighted by molar-refractivity contribution is 0.00681. The lowest BCUT2D eigenvalue weighted by Crippen LogP contribution is -2.45. The molecule has 0 fully saturated rings. The molecule has 1 aliphatic rings. The molecule has 0 bridgehead atoms. The second-order valence-electron chi connectivity index (χ2n) is 3.82. The van der Waals surface area contributed by atoms with Crippen LogP contribution in [0.15, 0.2) is 41.7 Å². The third-order valence-electron chi connectivity index (χ3n) is 2.91. The fourth-order valence-electron chi connectivity index (χ4n) is 2.08. The van der Waals surface area contributed by atoms with Crippen LogP contribution in [0.25, 0.3) is 0 Å². The summed E-state index contributed by atoms with van der Waals surface area (Å²) in [4.78, 5) is 0. The molecule has 0 aromatic heterocycles. The Bertz CT molecular complexity index is 473. The second-order valence-corrected chi connectivity index (χ2v) is 3.82. The van der Waals surface area contributed by atoms with Gasteiger partial charge in [0.05, 0.1) is 5.57 Å². The van der Waals surface area contributed by atoms with Crippen molar-refractivity contribution in [3.63, 3.8) is 0 Å². The molecular formula is C12H15N5. The first-order chi connectivity index (χ1) is 8.20. The minimum atomic E-state index is -0.291. The molecule has 0 aliphatic carbocycles. The normalized spacial score (nSPS) is 20.8. The molecular weight excluding hydrogens is 214 g/mol. The summed E-state index contributed by atoms with van der Waals surface area (Å²) in [5.74, 6) is 6.45. The van der Waals surface area contributed by atoms with Crippen LogP contribution in [0.3, 0.4) is 0 Å². The highest BCUT2D eigenvalue weighted by Crippen LogP contribution is 2.34. The van der Waals surface area contributed by atoms with Crippen molar-refractivity contribution in [3.05, 3.63) is 47.3 Å². The molecule has 0 spiro atoms. The minimum absolute atomic E-state index is 0.291. The fraction of sp³-hybridized carbons (Fsp3) is 0.250. The van der Waals surface area contributed by atoms with Gasteiger partial charge in [0.15, 0.2) is 0 Å². The van der Waals surface area contributed by atoms with Crippen LogP contribution in [0.2, 0.25) is 0 Å². The predicted octanol–water partition coefficient (Wildman–Crippen LogP) is 0.848. The van der Waals surface area contributed by atoms with Crippen molar-refractivity contribution >= 4 is 0 Å². The summed E-state index contributed by atoms with van der Waals surface area (Å²) in [5.41, 5.74) is 7.39. The molecule has 0 saturated carbocycles. The van der Waals surface area contributed by atoms with Crippen molar-refractivity contribution in [2.45, 2.75) is 13.0 Å². The molecule has 1 aromatic carbocycles. The minimum Gasteiger partial charge on any atom is -0.383 e. The van der Waals surface area contributed by atoms with Gasteiger partial charge in [0.2, 0.25) is 0 Å². The average Bonchev–Trinajstić information content (AvgIpc) is 2.61. The number of nitrogens with two attached hydrogens (primary N) is 2. The van der Waals surface area contributed by atoms with Crippen LogP contribution in [0.4, 0.5) is 0 Å². The van der Waals surface area contributed by atoms with Crippen LogP contribution in [-0.4, -0.2) is 16.7 Å².